The summed E-state index contributed by atoms with van der Waals surface area (Å²) in [6.45, 7) is 6.93. The molecule has 0 saturated heterocycles. The SMILES string of the molecule is Cc1cn(C2CCC(C)(C)CC2)c(NC2CCCCC2)n1. The standard InChI is InChI=1S/C18H31N3/c1-14-13-21(16-9-11-18(2,3)12-10-16)17(19-14)20-15-7-5-4-6-8-15/h13,15-16H,4-12H2,1-3H3,(H,19,20). The van der Waals surface area contributed by atoms with Gasteiger partial charge in [-0.2, -0.15) is 0 Å². The van der Waals surface area contributed by atoms with Gasteiger partial charge in [-0.1, -0.05) is 33.1 Å². The molecule has 2 fully saturated rings. The number of imidazole rings is 1. The first-order chi connectivity index (χ1) is 10.0. The molecule has 0 atom stereocenters. The maximum absolute atomic E-state index is 4.77. The fourth-order valence-corrected chi connectivity index (χ4v) is 3.99. The van der Waals surface area contributed by atoms with Gasteiger partial charge in [0.15, 0.2) is 0 Å². The summed E-state index contributed by atoms with van der Waals surface area (Å²) in [6, 6.07) is 1.28. The molecule has 0 aliphatic heterocycles. The van der Waals surface area contributed by atoms with Crippen LogP contribution in [0.25, 0.3) is 0 Å². The van der Waals surface area contributed by atoms with E-state index in [1.165, 1.54) is 57.8 Å². The second-order valence-electron chi connectivity index (χ2n) is 7.99. The zero-order valence-electron chi connectivity index (χ0n) is 14.0. The van der Waals surface area contributed by atoms with Crippen molar-refractivity contribution in [1.29, 1.82) is 0 Å². The molecule has 21 heavy (non-hydrogen) atoms. The van der Waals surface area contributed by atoms with Crippen LogP contribution in [0.1, 0.15) is 83.4 Å². The quantitative estimate of drug-likeness (QED) is 0.841. The van der Waals surface area contributed by atoms with E-state index in [-0.39, 0.29) is 0 Å². The first-order valence-electron chi connectivity index (χ1n) is 8.85. The lowest BCUT2D eigenvalue weighted by atomic mass is 9.75. The van der Waals surface area contributed by atoms with Crippen LogP contribution in [0.5, 0.6) is 0 Å². The number of hydrogen-bond donors (Lipinski definition) is 1. The average molecular weight is 289 g/mol. The summed E-state index contributed by atoms with van der Waals surface area (Å²) >= 11 is 0. The minimum Gasteiger partial charge on any atom is -0.353 e. The lowest BCUT2D eigenvalue weighted by Gasteiger charge is -2.35. The van der Waals surface area contributed by atoms with Gasteiger partial charge in [0.2, 0.25) is 5.95 Å². The molecule has 1 aromatic heterocycles. The van der Waals surface area contributed by atoms with Gasteiger partial charge in [-0.3, -0.25) is 0 Å². The van der Waals surface area contributed by atoms with E-state index in [0.717, 1.165) is 11.6 Å². The van der Waals surface area contributed by atoms with Gasteiger partial charge in [0.1, 0.15) is 0 Å². The van der Waals surface area contributed by atoms with Gasteiger partial charge in [0.05, 0.1) is 5.69 Å². The summed E-state index contributed by atoms with van der Waals surface area (Å²) in [5.41, 5.74) is 1.68. The van der Waals surface area contributed by atoms with Crippen LogP contribution in [0.4, 0.5) is 5.95 Å². The van der Waals surface area contributed by atoms with Crippen molar-refractivity contribution in [3.63, 3.8) is 0 Å². The minimum atomic E-state index is 0.531. The van der Waals surface area contributed by atoms with Gasteiger partial charge in [-0.15, -0.1) is 0 Å². The van der Waals surface area contributed by atoms with E-state index in [4.69, 9.17) is 4.98 Å². The van der Waals surface area contributed by atoms with Gasteiger partial charge in [0.25, 0.3) is 0 Å². The molecule has 1 N–H and O–H groups in total. The van der Waals surface area contributed by atoms with Crippen LogP contribution in [-0.2, 0) is 0 Å². The highest BCUT2D eigenvalue weighted by Crippen LogP contribution is 2.41. The Morgan fingerprint density at radius 2 is 1.76 bits per heavy atom. The molecular formula is C18H31N3. The van der Waals surface area contributed by atoms with Crippen molar-refractivity contribution in [2.24, 2.45) is 5.41 Å². The van der Waals surface area contributed by atoms with Crippen molar-refractivity contribution < 1.29 is 0 Å². The zero-order chi connectivity index (χ0) is 14.9. The van der Waals surface area contributed by atoms with E-state index in [1.807, 2.05) is 0 Å². The molecule has 3 heteroatoms. The third-order valence-corrected chi connectivity index (χ3v) is 5.49. The van der Waals surface area contributed by atoms with E-state index in [9.17, 15) is 0 Å². The number of aryl methyl sites for hydroxylation is 1. The average Bonchev–Trinajstić information content (AvgIpc) is 2.81. The molecule has 118 valence electrons. The van der Waals surface area contributed by atoms with E-state index in [2.05, 4.69) is 36.9 Å². The molecule has 0 amide bonds. The molecule has 3 rings (SSSR count). The molecule has 1 heterocycles. The van der Waals surface area contributed by atoms with Crippen molar-refractivity contribution in [3.8, 4) is 0 Å². The summed E-state index contributed by atoms with van der Waals surface area (Å²) in [5.74, 6) is 1.13. The number of nitrogens with one attached hydrogen (secondary N) is 1. The molecule has 0 bridgehead atoms. The van der Waals surface area contributed by atoms with Crippen LogP contribution in [-0.4, -0.2) is 15.6 Å². The lowest BCUT2D eigenvalue weighted by molar-refractivity contribution is 0.194. The Hall–Kier alpha value is -0.990. The van der Waals surface area contributed by atoms with Gasteiger partial charge in [-0.05, 0) is 50.9 Å². The summed E-state index contributed by atoms with van der Waals surface area (Å²) in [6.07, 6.45) is 14.3. The molecule has 2 saturated carbocycles. The van der Waals surface area contributed by atoms with Crippen LogP contribution < -0.4 is 5.32 Å². The highest BCUT2D eigenvalue weighted by Gasteiger charge is 2.29. The largest absolute Gasteiger partial charge is 0.353 e. The predicted octanol–water partition coefficient (Wildman–Crippen LogP) is 5.08. The third kappa shape index (κ3) is 3.61. The topological polar surface area (TPSA) is 29.9 Å². The molecule has 0 radical (unpaired) electrons. The van der Waals surface area contributed by atoms with Crippen LogP contribution >= 0.6 is 0 Å². The number of nitrogens with zero attached hydrogens (tertiary/aromatic N) is 2. The maximum Gasteiger partial charge on any atom is 0.203 e. The summed E-state index contributed by atoms with van der Waals surface area (Å²) < 4.78 is 2.44. The van der Waals surface area contributed by atoms with Crippen LogP contribution in [0.2, 0.25) is 0 Å². The highest BCUT2D eigenvalue weighted by molar-refractivity contribution is 5.31. The fraction of sp³-hybridized carbons (Fsp3) is 0.833. The molecule has 0 unspecified atom stereocenters. The molecular weight excluding hydrogens is 258 g/mol. The first-order valence-corrected chi connectivity index (χ1v) is 8.85. The van der Waals surface area contributed by atoms with Crippen LogP contribution in [0.3, 0.4) is 0 Å². The zero-order valence-corrected chi connectivity index (χ0v) is 14.0. The van der Waals surface area contributed by atoms with Crippen LogP contribution in [0, 0.1) is 12.3 Å². The lowest BCUT2D eigenvalue weighted by Crippen LogP contribution is -2.27. The Morgan fingerprint density at radius 1 is 1.10 bits per heavy atom. The molecule has 2 aliphatic carbocycles. The molecule has 1 aromatic rings. The summed E-state index contributed by atoms with van der Waals surface area (Å²) in [5, 5.41) is 3.74. The second kappa shape index (κ2) is 6.02. The van der Waals surface area contributed by atoms with E-state index >= 15 is 0 Å². The Kier molecular flexibility index (Phi) is 4.28. The maximum atomic E-state index is 4.77. The first kappa shape index (κ1) is 14.9. The van der Waals surface area contributed by atoms with Crippen LogP contribution in [0.15, 0.2) is 6.20 Å². The number of rotatable bonds is 3. The Morgan fingerprint density at radius 3 is 2.43 bits per heavy atom. The Labute approximate surface area is 129 Å². The number of hydrogen-bond acceptors (Lipinski definition) is 2. The van der Waals surface area contributed by atoms with Crippen molar-refractivity contribution >= 4 is 5.95 Å². The molecule has 0 spiro atoms. The van der Waals surface area contributed by atoms with Gasteiger partial charge in [0, 0.05) is 18.3 Å². The second-order valence-corrected chi connectivity index (χ2v) is 7.99. The number of anilines is 1. The third-order valence-electron chi connectivity index (χ3n) is 5.49. The highest BCUT2D eigenvalue weighted by atomic mass is 15.2. The van der Waals surface area contributed by atoms with Crippen molar-refractivity contribution in [2.45, 2.75) is 90.6 Å². The summed E-state index contributed by atoms with van der Waals surface area (Å²) in [4.78, 5) is 4.77. The fourth-order valence-electron chi connectivity index (χ4n) is 3.99. The van der Waals surface area contributed by atoms with E-state index < -0.39 is 0 Å². The summed E-state index contributed by atoms with van der Waals surface area (Å²) in [7, 11) is 0. The normalized spacial score (nSPS) is 24.1. The molecule has 0 aromatic carbocycles. The van der Waals surface area contributed by atoms with E-state index in [0.29, 0.717) is 17.5 Å². The predicted molar refractivity (Wildman–Crippen MR) is 88.7 cm³/mol. The Balaban J connectivity index is 1.70. The van der Waals surface area contributed by atoms with Gasteiger partial charge < -0.3 is 9.88 Å². The van der Waals surface area contributed by atoms with Crippen molar-refractivity contribution in [3.05, 3.63) is 11.9 Å². The smallest absolute Gasteiger partial charge is 0.203 e. The van der Waals surface area contributed by atoms with Crippen molar-refractivity contribution in [2.75, 3.05) is 5.32 Å². The van der Waals surface area contributed by atoms with Gasteiger partial charge in [-0.25, -0.2) is 4.98 Å². The van der Waals surface area contributed by atoms with E-state index in [1.54, 1.807) is 0 Å². The number of aromatic nitrogens is 2. The van der Waals surface area contributed by atoms with Crippen molar-refractivity contribution in [1.82, 2.24) is 9.55 Å². The monoisotopic (exact) mass is 289 g/mol. The Bertz CT molecular complexity index is 459. The molecule has 2 aliphatic rings. The molecule has 3 nitrogen and oxygen atoms in total. The van der Waals surface area contributed by atoms with Gasteiger partial charge >= 0.3 is 0 Å². The minimum absolute atomic E-state index is 0.531.